The number of benzene rings is 1. The first-order valence-corrected chi connectivity index (χ1v) is 9.45. The number of ether oxygens (including phenoxy) is 1. The molecular weight excluding hydrogens is 312 g/mol. The molecule has 3 unspecified atom stereocenters. The van der Waals surface area contributed by atoms with Crippen LogP contribution in [0.5, 0.6) is 5.75 Å². The van der Waals surface area contributed by atoms with Gasteiger partial charge in [0.1, 0.15) is 22.2 Å². The molecular formula is C15H21ClO4S. The molecule has 0 heterocycles. The predicted octanol–water partition coefficient (Wildman–Crippen LogP) is 2.68. The van der Waals surface area contributed by atoms with Crippen LogP contribution in [-0.4, -0.2) is 37.7 Å². The van der Waals surface area contributed by atoms with E-state index < -0.39 is 15.9 Å². The van der Waals surface area contributed by atoms with Crippen LogP contribution in [-0.2, 0) is 9.84 Å². The van der Waals surface area contributed by atoms with Crippen LogP contribution in [0, 0.1) is 5.92 Å². The number of sulfone groups is 1. The van der Waals surface area contributed by atoms with Crippen molar-refractivity contribution in [3.63, 3.8) is 0 Å². The van der Waals surface area contributed by atoms with E-state index in [0.29, 0.717) is 23.6 Å². The summed E-state index contributed by atoms with van der Waals surface area (Å²) in [5.74, 6) is 0.625. The van der Waals surface area contributed by atoms with Gasteiger partial charge in [0.25, 0.3) is 0 Å². The average Bonchev–Trinajstić information content (AvgIpc) is 2.45. The van der Waals surface area contributed by atoms with E-state index >= 15 is 0 Å². The highest BCUT2D eigenvalue weighted by Crippen LogP contribution is 2.31. The summed E-state index contributed by atoms with van der Waals surface area (Å²) in [7, 11) is -3.03. The van der Waals surface area contributed by atoms with Gasteiger partial charge in [-0.3, -0.25) is 0 Å². The minimum Gasteiger partial charge on any atom is -0.491 e. The van der Waals surface area contributed by atoms with Gasteiger partial charge in [-0.15, -0.1) is 0 Å². The molecule has 1 aromatic rings. The summed E-state index contributed by atoms with van der Waals surface area (Å²) < 4.78 is 28.8. The summed E-state index contributed by atoms with van der Waals surface area (Å²) in [4.78, 5) is 0. The van der Waals surface area contributed by atoms with E-state index in [-0.39, 0.29) is 17.8 Å². The Labute approximate surface area is 131 Å². The van der Waals surface area contributed by atoms with Gasteiger partial charge < -0.3 is 9.84 Å². The largest absolute Gasteiger partial charge is 0.491 e. The van der Waals surface area contributed by atoms with Crippen LogP contribution in [0.4, 0.5) is 0 Å². The Bertz CT molecular complexity index is 556. The van der Waals surface area contributed by atoms with E-state index in [1.165, 1.54) is 6.26 Å². The maximum absolute atomic E-state index is 11.6. The Morgan fingerprint density at radius 1 is 1.33 bits per heavy atom. The van der Waals surface area contributed by atoms with E-state index in [1.807, 2.05) is 0 Å². The molecule has 1 aromatic carbocycles. The smallest absolute Gasteiger partial charge is 0.150 e. The molecule has 2 rings (SSSR count). The summed E-state index contributed by atoms with van der Waals surface area (Å²) >= 11 is 5.79. The van der Waals surface area contributed by atoms with Gasteiger partial charge in [-0.25, -0.2) is 8.42 Å². The molecule has 1 aliphatic carbocycles. The lowest BCUT2D eigenvalue weighted by atomic mass is 9.85. The van der Waals surface area contributed by atoms with Gasteiger partial charge >= 0.3 is 0 Å². The van der Waals surface area contributed by atoms with Crippen LogP contribution in [0.3, 0.4) is 0 Å². The van der Waals surface area contributed by atoms with Gasteiger partial charge in [-0.05, 0) is 49.4 Å². The minimum absolute atomic E-state index is 0.0224. The standard InChI is InChI=1S/C15H21ClO4S/c1-21(18,19)14-4-2-3-11(9-14)15(17)10-20-13-7-5-12(16)6-8-13/h5-8,11,14-15,17H,2-4,9-10H2,1H3. The lowest BCUT2D eigenvalue weighted by Gasteiger charge is -2.31. The lowest BCUT2D eigenvalue weighted by molar-refractivity contribution is 0.0420. The first-order chi connectivity index (χ1) is 9.86. The van der Waals surface area contributed by atoms with E-state index in [9.17, 15) is 13.5 Å². The summed E-state index contributed by atoms with van der Waals surface area (Å²) in [6.45, 7) is 0.169. The highest BCUT2D eigenvalue weighted by molar-refractivity contribution is 7.91. The van der Waals surface area contributed by atoms with Gasteiger partial charge in [-0.2, -0.15) is 0 Å². The quantitative estimate of drug-likeness (QED) is 0.900. The Morgan fingerprint density at radius 2 is 2.00 bits per heavy atom. The maximum atomic E-state index is 11.6. The molecule has 1 aliphatic rings. The van der Waals surface area contributed by atoms with E-state index in [0.717, 1.165) is 12.8 Å². The molecule has 118 valence electrons. The third-order valence-corrected chi connectivity index (χ3v) is 5.94. The van der Waals surface area contributed by atoms with Crippen LogP contribution >= 0.6 is 11.6 Å². The third-order valence-electron chi connectivity index (χ3n) is 4.05. The van der Waals surface area contributed by atoms with E-state index in [1.54, 1.807) is 24.3 Å². The average molecular weight is 333 g/mol. The molecule has 0 bridgehead atoms. The van der Waals surface area contributed by atoms with Crippen LogP contribution < -0.4 is 4.74 Å². The van der Waals surface area contributed by atoms with Crippen molar-refractivity contribution in [2.75, 3.05) is 12.9 Å². The van der Waals surface area contributed by atoms with Crippen molar-refractivity contribution in [1.29, 1.82) is 0 Å². The lowest BCUT2D eigenvalue weighted by Crippen LogP contribution is -2.35. The van der Waals surface area contributed by atoms with Crippen LogP contribution in [0.15, 0.2) is 24.3 Å². The zero-order chi connectivity index (χ0) is 15.5. The van der Waals surface area contributed by atoms with Crippen molar-refractivity contribution in [2.24, 2.45) is 5.92 Å². The van der Waals surface area contributed by atoms with Gasteiger partial charge in [0.2, 0.25) is 0 Å². The second-order valence-electron chi connectivity index (χ2n) is 5.71. The Balaban J connectivity index is 1.88. The fourth-order valence-electron chi connectivity index (χ4n) is 2.77. The van der Waals surface area contributed by atoms with E-state index in [4.69, 9.17) is 16.3 Å². The number of rotatable bonds is 5. The summed E-state index contributed by atoms with van der Waals surface area (Å²) in [6, 6.07) is 6.94. The van der Waals surface area contributed by atoms with Crippen LogP contribution in [0.25, 0.3) is 0 Å². The monoisotopic (exact) mass is 332 g/mol. The number of aliphatic hydroxyl groups is 1. The van der Waals surface area contributed by atoms with Crippen molar-refractivity contribution in [1.82, 2.24) is 0 Å². The molecule has 0 aliphatic heterocycles. The molecule has 3 atom stereocenters. The Kier molecular flexibility index (Phi) is 5.52. The summed E-state index contributed by atoms with van der Waals surface area (Å²) in [5.41, 5.74) is 0. The van der Waals surface area contributed by atoms with Gasteiger partial charge in [-0.1, -0.05) is 18.0 Å². The van der Waals surface area contributed by atoms with Crippen molar-refractivity contribution >= 4 is 21.4 Å². The molecule has 21 heavy (non-hydrogen) atoms. The van der Waals surface area contributed by atoms with Crippen molar-refractivity contribution in [2.45, 2.75) is 37.0 Å². The number of aliphatic hydroxyl groups excluding tert-OH is 1. The highest BCUT2D eigenvalue weighted by Gasteiger charge is 2.32. The molecule has 0 aromatic heterocycles. The number of hydrogen-bond acceptors (Lipinski definition) is 4. The van der Waals surface area contributed by atoms with Crippen LogP contribution in [0.1, 0.15) is 25.7 Å². The molecule has 0 radical (unpaired) electrons. The Hall–Kier alpha value is -0.780. The predicted molar refractivity (Wildman–Crippen MR) is 83.5 cm³/mol. The molecule has 0 amide bonds. The molecule has 0 saturated heterocycles. The fraction of sp³-hybridized carbons (Fsp3) is 0.600. The summed E-state index contributed by atoms with van der Waals surface area (Å²) in [5, 5.41) is 10.5. The Morgan fingerprint density at radius 3 is 2.62 bits per heavy atom. The molecule has 0 spiro atoms. The van der Waals surface area contributed by atoms with Crippen molar-refractivity contribution < 1.29 is 18.3 Å². The number of hydrogen-bond donors (Lipinski definition) is 1. The molecule has 1 saturated carbocycles. The fourth-order valence-corrected chi connectivity index (χ4v) is 4.09. The number of halogens is 1. The normalized spacial score (nSPS) is 24.5. The SMILES string of the molecule is CS(=O)(=O)C1CCCC(C(O)COc2ccc(Cl)cc2)C1. The molecule has 4 nitrogen and oxygen atoms in total. The second kappa shape index (κ2) is 6.99. The van der Waals surface area contributed by atoms with Crippen LogP contribution in [0.2, 0.25) is 5.02 Å². The first kappa shape index (κ1) is 16.6. The highest BCUT2D eigenvalue weighted by atomic mass is 35.5. The second-order valence-corrected chi connectivity index (χ2v) is 8.47. The summed E-state index contributed by atoms with van der Waals surface area (Å²) in [6.07, 6.45) is 3.52. The maximum Gasteiger partial charge on any atom is 0.150 e. The topological polar surface area (TPSA) is 63.6 Å². The zero-order valence-electron chi connectivity index (χ0n) is 12.0. The van der Waals surface area contributed by atoms with Crippen molar-refractivity contribution in [3.05, 3.63) is 29.3 Å². The van der Waals surface area contributed by atoms with Gasteiger partial charge in [0, 0.05) is 11.3 Å². The van der Waals surface area contributed by atoms with Gasteiger partial charge in [0.15, 0.2) is 0 Å². The van der Waals surface area contributed by atoms with Crippen molar-refractivity contribution in [3.8, 4) is 5.75 Å². The molecule has 1 N–H and O–H groups in total. The van der Waals surface area contributed by atoms with E-state index in [2.05, 4.69) is 0 Å². The zero-order valence-corrected chi connectivity index (χ0v) is 13.6. The first-order valence-electron chi connectivity index (χ1n) is 7.11. The molecule has 6 heteroatoms. The molecule has 1 fully saturated rings. The third kappa shape index (κ3) is 4.87. The minimum atomic E-state index is -3.03. The van der Waals surface area contributed by atoms with Gasteiger partial charge in [0.05, 0.1) is 11.4 Å².